The minimum absolute atomic E-state index is 0.0804. The van der Waals surface area contributed by atoms with Gasteiger partial charge in [-0.1, -0.05) is 30.3 Å². The molecule has 3 aromatic rings. The Morgan fingerprint density at radius 3 is 2.47 bits per heavy atom. The molecule has 0 spiro atoms. The zero-order valence-corrected chi connectivity index (χ0v) is 21.0. The highest BCUT2D eigenvalue weighted by atomic mass is 16.5. The van der Waals surface area contributed by atoms with E-state index >= 15 is 0 Å². The van der Waals surface area contributed by atoms with Crippen molar-refractivity contribution in [3.63, 3.8) is 0 Å². The van der Waals surface area contributed by atoms with E-state index in [9.17, 15) is 4.79 Å². The molecule has 0 bridgehead atoms. The average Bonchev–Trinajstić information content (AvgIpc) is 3.43. The van der Waals surface area contributed by atoms with E-state index in [0.29, 0.717) is 13.0 Å². The molecule has 5 rings (SSSR count). The van der Waals surface area contributed by atoms with Crippen LogP contribution in [0.4, 0.5) is 5.69 Å². The summed E-state index contributed by atoms with van der Waals surface area (Å²) in [6, 6.07) is 20.6. The van der Waals surface area contributed by atoms with Crippen molar-refractivity contribution in [1.82, 2.24) is 9.88 Å². The number of aromatic nitrogens is 1. The van der Waals surface area contributed by atoms with Crippen molar-refractivity contribution in [1.29, 1.82) is 0 Å². The van der Waals surface area contributed by atoms with Crippen molar-refractivity contribution in [3.05, 3.63) is 84.2 Å². The molecule has 0 radical (unpaired) electrons. The van der Waals surface area contributed by atoms with Crippen LogP contribution in [0.3, 0.4) is 0 Å². The number of hydrogen-bond donors (Lipinski definition) is 0. The molecule has 36 heavy (non-hydrogen) atoms. The van der Waals surface area contributed by atoms with Gasteiger partial charge in [0.15, 0.2) is 11.5 Å². The molecule has 2 fully saturated rings. The first-order chi connectivity index (χ1) is 17.7. The average molecular weight is 486 g/mol. The molecule has 1 unspecified atom stereocenters. The largest absolute Gasteiger partial charge is 0.493 e. The minimum Gasteiger partial charge on any atom is -0.493 e. The lowest BCUT2D eigenvalue weighted by atomic mass is 10.0. The van der Waals surface area contributed by atoms with Crippen LogP contribution in [0, 0.1) is 0 Å². The molecule has 1 atom stereocenters. The third-order valence-corrected chi connectivity index (χ3v) is 7.33. The molecule has 1 saturated heterocycles. The first-order valence-electron chi connectivity index (χ1n) is 13.0. The number of nitrogens with zero attached hydrogens (tertiary/aromatic N) is 3. The molecule has 1 aromatic heterocycles. The smallest absolute Gasteiger partial charge is 0.227 e. The number of benzene rings is 2. The fourth-order valence-corrected chi connectivity index (χ4v) is 5.40. The number of ether oxygens (including phenoxy) is 2. The van der Waals surface area contributed by atoms with E-state index in [-0.39, 0.29) is 18.1 Å². The SMILES string of the molecule is COc1ccc(N2CCN(C(=O)Cc3ccncc3)C(Cc3ccccc3)C2)cc1OC1CCCC1. The van der Waals surface area contributed by atoms with Gasteiger partial charge >= 0.3 is 0 Å². The normalized spacial score (nSPS) is 18.3. The fourth-order valence-electron chi connectivity index (χ4n) is 5.40. The Morgan fingerprint density at radius 2 is 1.72 bits per heavy atom. The third kappa shape index (κ3) is 5.81. The lowest BCUT2D eigenvalue weighted by Crippen LogP contribution is -2.56. The summed E-state index contributed by atoms with van der Waals surface area (Å²) in [5, 5.41) is 0. The van der Waals surface area contributed by atoms with Gasteiger partial charge in [0.05, 0.1) is 25.7 Å². The van der Waals surface area contributed by atoms with Gasteiger partial charge in [-0.2, -0.15) is 0 Å². The van der Waals surface area contributed by atoms with E-state index < -0.39 is 0 Å². The van der Waals surface area contributed by atoms with Crippen LogP contribution in [0.1, 0.15) is 36.8 Å². The van der Waals surface area contributed by atoms with Gasteiger partial charge < -0.3 is 19.3 Å². The second-order valence-corrected chi connectivity index (χ2v) is 9.77. The quantitative estimate of drug-likeness (QED) is 0.454. The lowest BCUT2D eigenvalue weighted by molar-refractivity contribution is -0.133. The fraction of sp³-hybridized carbons (Fsp3) is 0.400. The monoisotopic (exact) mass is 485 g/mol. The maximum absolute atomic E-state index is 13.4. The molecule has 6 nitrogen and oxygen atoms in total. The van der Waals surface area contributed by atoms with Gasteiger partial charge in [-0.25, -0.2) is 0 Å². The standard InChI is InChI=1S/C30H35N3O3/c1-35-28-12-11-25(21-29(28)36-27-9-5-6-10-27)32-17-18-33(30(34)20-24-13-15-31-16-14-24)26(22-32)19-23-7-3-2-4-8-23/h2-4,7-8,11-16,21,26-27H,5-6,9-10,17-20,22H2,1H3. The van der Waals surface area contributed by atoms with Crippen molar-refractivity contribution in [2.75, 3.05) is 31.6 Å². The van der Waals surface area contributed by atoms with E-state index in [1.165, 1.54) is 18.4 Å². The van der Waals surface area contributed by atoms with Gasteiger partial charge in [0.2, 0.25) is 5.91 Å². The zero-order chi connectivity index (χ0) is 24.7. The molecule has 1 amide bonds. The maximum Gasteiger partial charge on any atom is 0.227 e. The van der Waals surface area contributed by atoms with E-state index in [1.54, 1.807) is 19.5 Å². The van der Waals surface area contributed by atoms with Crippen LogP contribution in [0.15, 0.2) is 73.1 Å². The van der Waals surface area contributed by atoms with Gasteiger partial charge in [0.25, 0.3) is 0 Å². The molecule has 188 valence electrons. The van der Waals surface area contributed by atoms with E-state index in [0.717, 1.165) is 55.1 Å². The Balaban J connectivity index is 1.35. The van der Waals surface area contributed by atoms with E-state index in [2.05, 4.69) is 51.2 Å². The van der Waals surface area contributed by atoms with Gasteiger partial charge in [0, 0.05) is 43.8 Å². The summed E-state index contributed by atoms with van der Waals surface area (Å²) in [5.74, 6) is 1.76. The van der Waals surface area contributed by atoms with E-state index in [4.69, 9.17) is 9.47 Å². The van der Waals surface area contributed by atoms with Crippen molar-refractivity contribution < 1.29 is 14.3 Å². The van der Waals surface area contributed by atoms with Crippen LogP contribution in [-0.2, 0) is 17.6 Å². The topological polar surface area (TPSA) is 54.9 Å². The maximum atomic E-state index is 13.4. The third-order valence-electron chi connectivity index (χ3n) is 7.33. The number of anilines is 1. The molecule has 1 saturated carbocycles. The van der Waals surface area contributed by atoms with Crippen LogP contribution in [0.25, 0.3) is 0 Å². The molecule has 2 aromatic carbocycles. The van der Waals surface area contributed by atoms with Crippen molar-refractivity contribution in [3.8, 4) is 11.5 Å². The van der Waals surface area contributed by atoms with Crippen molar-refractivity contribution >= 4 is 11.6 Å². The van der Waals surface area contributed by atoms with Crippen molar-refractivity contribution in [2.45, 2.75) is 50.7 Å². The summed E-state index contributed by atoms with van der Waals surface area (Å²) in [6.07, 6.45) is 9.63. The minimum atomic E-state index is 0.0804. The highest BCUT2D eigenvalue weighted by molar-refractivity contribution is 5.79. The Morgan fingerprint density at radius 1 is 0.944 bits per heavy atom. The summed E-state index contributed by atoms with van der Waals surface area (Å²) >= 11 is 0. The first kappa shape index (κ1) is 24.2. The van der Waals surface area contributed by atoms with Crippen LogP contribution in [0.2, 0.25) is 0 Å². The summed E-state index contributed by atoms with van der Waals surface area (Å²) in [6.45, 7) is 2.24. The number of carbonyl (C=O) groups is 1. The number of carbonyl (C=O) groups excluding carboxylic acids is 1. The molecule has 2 heterocycles. The summed E-state index contributed by atoms with van der Waals surface area (Å²) in [4.78, 5) is 21.9. The molecule has 0 N–H and O–H groups in total. The second-order valence-electron chi connectivity index (χ2n) is 9.77. The second kappa shape index (κ2) is 11.5. The van der Waals surface area contributed by atoms with Gasteiger partial charge in [-0.05, 0) is 67.5 Å². The van der Waals surface area contributed by atoms with Crippen LogP contribution in [-0.4, -0.2) is 54.7 Å². The molecular formula is C30H35N3O3. The number of hydrogen-bond acceptors (Lipinski definition) is 5. The predicted octanol–water partition coefficient (Wildman–Crippen LogP) is 4.91. The number of amides is 1. The number of pyridine rings is 1. The summed E-state index contributed by atoms with van der Waals surface area (Å²) < 4.78 is 12.0. The summed E-state index contributed by atoms with van der Waals surface area (Å²) in [7, 11) is 1.69. The van der Waals surface area contributed by atoms with E-state index in [1.807, 2.05) is 24.3 Å². The number of piperazine rings is 1. The predicted molar refractivity (Wildman–Crippen MR) is 142 cm³/mol. The lowest BCUT2D eigenvalue weighted by Gasteiger charge is -2.43. The molecule has 1 aliphatic heterocycles. The Labute approximate surface area is 213 Å². The molecule has 2 aliphatic rings. The zero-order valence-electron chi connectivity index (χ0n) is 21.0. The Hall–Kier alpha value is -3.54. The van der Waals surface area contributed by atoms with Gasteiger partial charge in [-0.3, -0.25) is 9.78 Å². The highest BCUT2D eigenvalue weighted by Crippen LogP contribution is 2.36. The highest BCUT2D eigenvalue weighted by Gasteiger charge is 2.31. The van der Waals surface area contributed by atoms with Crippen LogP contribution in [0.5, 0.6) is 11.5 Å². The number of rotatable bonds is 8. The molecule has 1 aliphatic carbocycles. The van der Waals surface area contributed by atoms with Gasteiger partial charge in [-0.15, -0.1) is 0 Å². The first-order valence-corrected chi connectivity index (χ1v) is 13.0. The number of methoxy groups -OCH3 is 1. The summed E-state index contributed by atoms with van der Waals surface area (Å²) in [5.41, 5.74) is 3.36. The molecular weight excluding hydrogens is 450 g/mol. The van der Waals surface area contributed by atoms with Crippen molar-refractivity contribution in [2.24, 2.45) is 0 Å². The van der Waals surface area contributed by atoms with Crippen LogP contribution < -0.4 is 14.4 Å². The Bertz CT molecular complexity index is 1130. The molecule has 6 heteroatoms. The Kier molecular flexibility index (Phi) is 7.70. The van der Waals surface area contributed by atoms with Gasteiger partial charge in [0.1, 0.15) is 0 Å². The van der Waals surface area contributed by atoms with Crippen LogP contribution >= 0.6 is 0 Å².